The second-order valence-corrected chi connectivity index (χ2v) is 4.18. The van der Waals surface area contributed by atoms with Crippen molar-refractivity contribution in [1.29, 1.82) is 0 Å². The minimum atomic E-state index is -0.595. The molecule has 0 rings (SSSR count). The van der Waals surface area contributed by atoms with Crippen LogP contribution >= 0.6 is 23.2 Å². The molecule has 0 saturated heterocycles. The molecule has 0 radical (unpaired) electrons. The van der Waals surface area contributed by atoms with E-state index >= 15 is 0 Å². The molecule has 0 saturated carbocycles. The topological polar surface area (TPSA) is 18.5 Å². The number of hydrogen-bond acceptors (Lipinski definition) is 2. The van der Waals surface area contributed by atoms with Gasteiger partial charge in [0.25, 0.3) is 0 Å². The van der Waals surface area contributed by atoms with E-state index in [2.05, 4.69) is 6.92 Å². The van der Waals surface area contributed by atoms with Crippen LogP contribution in [-0.4, -0.2) is 30.3 Å². The van der Waals surface area contributed by atoms with Gasteiger partial charge in [0.2, 0.25) is 0 Å². The molecule has 1 atom stereocenters. The number of rotatable bonds is 8. The lowest BCUT2D eigenvalue weighted by atomic mass is 10.0. The highest BCUT2D eigenvalue weighted by Gasteiger charge is 2.36. The molecule has 4 heteroatoms. The second kappa shape index (κ2) is 7.75. The highest BCUT2D eigenvalue weighted by atomic mass is 35.5. The minimum Gasteiger partial charge on any atom is -0.351 e. The molecule has 0 aliphatic heterocycles. The molecule has 0 bridgehead atoms. The predicted octanol–water partition coefficient (Wildman–Crippen LogP) is 3.40. The first-order valence-electron chi connectivity index (χ1n) is 5.12. The van der Waals surface area contributed by atoms with Crippen LogP contribution in [0, 0.1) is 0 Å². The van der Waals surface area contributed by atoms with E-state index < -0.39 is 11.2 Å². The molecule has 1 unspecified atom stereocenters. The molecular formula is C10H20Cl2O2. The van der Waals surface area contributed by atoms with Crippen LogP contribution in [0.2, 0.25) is 0 Å². The lowest BCUT2D eigenvalue weighted by Gasteiger charge is -2.32. The fourth-order valence-electron chi connectivity index (χ4n) is 1.31. The molecule has 0 heterocycles. The molecule has 0 amide bonds. The summed E-state index contributed by atoms with van der Waals surface area (Å²) in [4.78, 5) is -0.595. The van der Waals surface area contributed by atoms with Crippen molar-refractivity contribution in [3.8, 4) is 0 Å². The van der Waals surface area contributed by atoms with E-state index in [-0.39, 0.29) is 0 Å². The van der Waals surface area contributed by atoms with Gasteiger partial charge in [0.05, 0.1) is 0 Å². The summed E-state index contributed by atoms with van der Waals surface area (Å²) in [5.41, 5.74) is 0. The van der Waals surface area contributed by atoms with Crippen LogP contribution in [0.15, 0.2) is 0 Å². The van der Waals surface area contributed by atoms with Gasteiger partial charge < -0.3 is 9.47 Å². The largest absolute Gasteiger partial charge is 0.351 e. The van der Waals surface area contributed by atoms with Crippen molar-refractivity contribution in [2.24, 2.45) is 0 Å². The third-order valence-electron chi connectivity index (χ3n) is 1.95. The second-order valence-electron chi connectivity index (χ2n) is 3.16. The zero-order chi connectivity index (χ0) is 11.0. The van der Waals surface area contributed by atoms with Gasteiger partial charge in [-0.05, 0) is 20.3 Å². The predicted molar refractivity (Wildman–Crippen MR) is 61.3 cm³/mol. The Bertz CT molecular complexity index is 138. The van der Waals surface area contributed by atoms with Crippen LogP contribution in [0.1, 0.15) is 33.6 Å². The van der Waals surface area contributed by atoms with Gasteiger partial charge in [-0.1, -0.05) is 13.3 Å². The maximum Gasteiger partial charge on any atom is 0.177 e. The van der Waals surface area contributed by atoms with Crippen molar-refractivity contribution >= 4 is 23.2 Å². The van der Waals surface area contributed by atoms with Crippen molar-refractivity contribution in [2.45, 2.75) is 44.8 Å². The van der Waals surface area contributed by atoms with Crippen LogP contribution in [0.4, 0.5) is 0 Å². The molecule has 0 aromatic carbocycles. The number of hydrogen-bond donors (Lipinski definition) is 0. The fourth-order valence-corrected chi connectivity index (χ4v) is 1.89. The van der Waals surface area contributed by atoms with Gasteiger partial charge in [-0.3, -0.25) is 0 Å². The molecule has 0 aliphatic carbocycles. The van der Waals surface area contributed by atoms with Crippen molar-refractivity contribution in [3.63, 3.8) is 0 Å². The third-order valence-corrected chi connectivity index (χ3v) is 3.06. The van der Waals surface area contributed by atoms with E-state index in [0.29, 0.717) is 19.1 Å². The fraction of sp³-hybridized carbons (Fsp3) is 1.00. The van der Waals surface area contributed by atoms with E-state index in [1.807, 2.05) is 13.8 Å². The molecule has 0 aromatic heterocycles. The van der Waals surface area contributed by atoms with Crippen molar-refractivity contribution < 1.29 is 9.47 Å². The number of alkyl halides is 2. The smallest absolute Gasteiger partial charge is 0.177 e. The molecule has 0 spiro atoms. The summed E-state index contributed by atoms with van der Waals surface area (Å²) in [6, 6.07) is 0. The first-order valence-corrected chi connectivity index (χ1v) is 6.03. The van der Waals surface area contributed by atoms with Gasteiger partial charge in [-0.15, -0.1) is 23.2 Å². The van der Waals surface area contributed by atoms with E-state index in [4.69, 9.17) is 32.7 Å². The Morgan fingerprint density at radius 1 is 1.14 bits per heavy atom. The zero-order valence-corrected chi connectivity index (χ0v) is 10.7. The van der Waals surface area contributed by atoms with Crippen LogP contribution < -0.4 is 0 Å². The lowest BCUT2D eigenvalue weighted by Crippen LogP contribution is -2.42. The Hall–Kier alpha value is 0.500. The quantitative estimate of drug-likeness (QED) is 0.480. The average Bonchev–Trinajstić information content (AvgIpc) is 2.18. The normalized spacial score (nSPS) is 15.9. The summed E-state index contributed by atoms with van der Waals surface area (Å²) in [6.07, 6.45) is 1.35. The van der Waals surface area contributed by atoms with Gasteiger partial charge in [0.1, 0.15) is 4.87 Å². The van der Waals surface area contributed by atoms with Gasteiger partial charge in [0.15, 0.2) is 6.29 Å². The Balaban J connectivity index is 4.37. The molecule has 0 aromatic rings. The molecule has 0 fully saturated rings. The first kappa shape index (κ1) is 14.5. The average molecular weight is 243 g/mol. The summed E-state index contributed by atoms with van der Waals surface area (Å²) in [5.74, 6) is 0.340. The summed E-state index contributed by atoms with van der Waals surface area (Å²) in [7, 11) is 0. The Morgan fingerprint density at radius 2 is 1.64 bits per heavy atom. The lowest BCUT2D eigenvalue weighted by molar-refractivity contribution is -0.155. The van der Waals surface area contributed by atoms with Crippen LogP contribution in [0.3, 0.4) is 0 Å². The summed E-state index contributed by atoms with van der Waals surface area (Å²) in [6.45, 7) is 7.07. The Labute approximate surface area is 96.9 Å². The molecule has 0 aliphatic rings. The maximum atomic E-state index is 6.37. The highest BCUT2D eigenvalue weighted by molar-refractivity contribution is 6.31. The summed E-state index contributed by atoms with van der Waals surface area (Å²) >= 11 is 12.2. The SMILES string of the molecule is CCCC(Cl)(CCl)C(OCC)OCC. The third kappa shape index (κ3) is 4.35. The summed E-state index contributed by atoms with van der Waals surface area (Å²) in [5, 5.41) is 0. The van der Waals surface area contributed by atoms with Gasteiger partial charge in [-0.25, -0.2) is 0 Å². The zero-order valence-electron chi connectivity index (χ0n) is 9.19. The minimum absolute atomic E-state index is 0.340. The van der Waals surface area contributed by atoms with E-state index in [0.717, 1.165) is 12.8 Å². The monoisotopic (exact) mass is 242 g/mol. The van der Waals surface area contributed by atoms with Gasteiger partial charge in [0, 0.05) is 19.1 Å². The molecular weight excluding hydrogens is 223 g/mol. The maximum absolute atomic E-state index is 6.37. The molecule has 86 valence electrons. The molecule has 2 nitrogen and oxygen atoms in total. The van der Waals surface area contributed by atoms with Gasteiger partial charge >= 0.3 is 0 Å². The first-order chi connectivity index (χ1) is 6.64. The number of ether oxygens (including phenoxy) is 2. The molecule has 14 heavy (non-hydrogen) atoms. The Morgan fingerprint density at radius 3 is 1.93 bits per heavy atom. The van der Waals surface area contributed by atoms with Crippen LogP contribution in [0.25, 0.3) is 0 Å². The van der Waals surface area contributed by atoms with E-state index in [9.17, 15) is 0 Å². The van der Waals surface area contributed by atoms with Crippen molar-refractivity contribution in [3.05, 3.63) is 0 Å². The van der Waals surface area contributed by atoms with E-state index in [1.165, 1.54) is 0 Å². The van der Waals surface area contributed by atoms with Gasteiger partial charge in [-0.2, -0.15) is 0 Å². The standard InChI is InChI=1S/C10H20Cl2O2/c1-4-7-10(12,8-11)9(13-5-2)14-6-3/h9H,4-8H2,1-3H3. The van der Waals surface area contributed by atoms with Crippen LogP contribution in [0.5, 0.6) is 0 Å². The van der Waals surface area contributed by atoms with Crippen LogP contribution in [-0.2, 0) is 9.47 Å². The highest BCUT2D eigenvalue weighted by Crippen LogP contribution is 2.30. The Kier molecular flexibility index (Phi) is 8.02. The van der Waals surface area contributed by atoms with E-state index in [1.54, 1.807) is 0 Å². The van der Waals surface area contributed by atoms with Crippen molar-refractivity contribution in [1.82, 2.24) is 0 Å². The number of halogens is 2. The summed E-state index contributed by atoms with van der Waals surface area (Å²) < 4.78 is 10.9. The molecule has 0 N–H and O–H groups in total. The van der Waals surface area contributed by atoms with Crippen molar-refractivity contribution in [2.75, 3.05) is 19.1 Å².